The molecule has 3 aromatic heterocycles. The van der Waals surface area contributed by atoms with Crippen molar-refractivity contribution in [2.24, 2.45) is 5.92 Å². The van der Waals surface area contributed by atoms with E-state index in [4.69, 9.17) is 0 Å². The number of nitrogens with one attached hydrogen (secondary N) is 2. The van der Waals surface area contributed by atoms with E-state index in [9.17, 15) is 4.79 Å². The molecule has 0 aliphatic heterocycles. The molecule has 8 heteroatoms. The molecule has 0 saturated carbocycles. The minimum Gasteiger partial charge on any atom is -0.366 e. The first kappa shape index (κ1) is 20.3. The van der Waals surface area contributed by atoms with Crippen molar-refractivity contribution in [1.29, 1.82) is 0 Å². The molecule has 0 fully saturated rings. The molecule has 1 amide bonds. The summed E-state index contributed by atoms with van der Waals surface area (Å²) in [5.41, 5.74) is 2.48. The van der Waals surface area contributed by atoms with Crippen molar-refractivity contribution < 1.29 is 4.79 Å². The number of hydrogen-bond acceptors (Lipinski definition) is 6. The van der Waals surface area contributed by atoms with Gasteiger partial charge in [0, 0.05) is 31.2 Å². The number of aryl methyl sites for hydroxylation is 1. The second-order valence-corrected chi connectivity index (χ2v) is 8.81. The van der Waals surface area contributed by atoms with Crippen molar-refractivity contribution >= 4 is 44.4 Å². The van der Waals surface area contributed by atoms with Gasteiger partial charge in [0.2, 0.25) is 0 Å². The number of H-pyrrole nitrogens is 1. The van der Waals surface area contributed by atoms with Gasteiger partial charge in [-0.2, -0.15) is 4.37 Å². The van der Waals surface area contributed by atoms with Crippen LogP contribution in [0.15, 0.2) is 36.8 Å². The monoisotopic (exact) mass is 422 g/mol. The Hall–Kier alpha value is -3.00. The maximum Gasteiger partial charge on any atom is 0.273 e. The zero-order valence-electron chi connectivity index (χ0n) is 17.6. The third-order valence-corrected chi connectivity index (χ3v) is 6.26. The molecule has 156 valence electrons. The number of benzene rings is 1. The fourth-order valence-corrected chi connectivity index (χ4v) is 4.31. The number of nitrogens with zero attached hydrogens (tertiary/aromatic N) is 4. The number of amides is 1. The van der Waals surface area contributed by atoms with Crippen LogP contribution in [-0.2, 0) is 0 Å². The van der Waals surface area contributed by atoms with Crippen LogP contribution < -0.4 is 5.32 Å². The lowest BCUT2D eigenvalue weighted by Gasteiger charge is -2.26. The average Bonchev–Trinajstić information content (AvgIpc) is 3.37. The van der Waals surface area contributed by atoms with Crippen LogP contribution >= 0.6 is 11.5 Å². The summed E-state index contributed by atoms with van der Waals surface area (Å²) in [5, 5.41) is 5.46. The zero-order chi connectivity index (χ0) is 21.3. The molecule has 1 aromatic carbocycles. The van der Waals surface area contributed by atoms with Crippen molar-refractivity contribution in [3.8, 4) is 0 Å². The first-order valence-electron chi connectivity index (χ1n) is 10.1. The predicted octanol–water partition coefficient (Wildman–Crippen LogP) is 4.47. The molecule has 0 aliphatic rings. The van der Waals surface area contributed by atoms with Gasteiger partial charge in [-0.15, -0.1) is 0 Å². The Morgan fingerprint density at radius 1 is 1.23 bits per heavy atom. The van der Waals surface area contributed by atoms with Gasteiger partial charge in [-0.25, -0.2) is 9.97 Å². The maximum absolute atomic E-state index is 13.0. The summed E-state index contributed by atoms with van der Waals surface area (Å²) < 4.78 is 5.47. The SMILES string of the molecule is Cc1ccc2snc(C(=O)N(C)CC[C@@H](Nc3ncnc4[nH]ccc34)C(C)C)c2c1. The number of aromatic amines is 1. The fourth-order valence-electron chi connectivity index (χ4n) is 3.56. The highest BCUT2D eigenvalue weighted by molar-refractivity contribution is 7.13. The Kier molecular flexibility index (Phi) is 5.67. The summed E-state index contributed by atoms with van der Waals surface area (Å²) in [6, 6.07) is 8.26. The normalized spacial score (nSPS) is 12.6. The van der Waals surface area contributed by atoms with Gasteiger partial charge in [-0.1, -0.05) is 25.5 Å². The third kappa shape index (κ3) is 4.00. The van der Waals surface area contributed by atoms with Gasteiger partial charge in [0.25, 0.3) is 5.91 Å². The van der Waals surface area contributed by atoms with E-state index in [0.29, 0.717) is 18.2 Å². The van der Waals surface area contributed by atoms with Crippen LogP contribution in [0.25, 0.3) is 21.1 Å². The van der Waals surface area contributed by atoms with Crippen molar-refractivity contribution in [2.75, 3.05) is 18.9 Å². The molecule has 4 rings (SSSR count). The van der Waals surface area contributed by atoms with Gasteiger partial charge in [0.1, 0.15) is 23.5 Å². The van der Waals surface area contributed by atoms with Crippen LogP contribution in [0.3, 0.4) is 0 Å². The molecular formula is C22H26N6OS. The van der Waals surface area contributed by atoms with Crippen LogP contribution in [0.4, 0.5) is 5.82 Å². The van der Waals surface area contributed by atoms with Gasteiger partial charge in [0.05, 0.1) is 10.1 Å². The van der Waals surface area contributed by atoms with Crippen molar-refractivity contribution in [1.82, 2.24) is 24.2 Å². The van der Waals surface area contributed by atoms with Crippen molar-refractivity contribution in [3.05, 3.63) is 48.0 Å². The lowest BCUT2D eigenvalue weighted by atomic mass is 10.0. The molecular weight excluding hydrogens is 396 g/mol. The first-order chi connectivity index (χ1) is 14.4. The molecule has 0 aliphatic carbocycles. The minimum absolute atomic E-state index is 0.0376. The molecule has 0 saturated heterocycles. The van der Waals surface area contributed by atoms with Gasteiger partial charge in [-0.05, 0) is 49.0 Å². The van der Waals surface area contributed by atoms with Crippen molar-refractivity contribution in [2.45, 2.75) is 33.2 Å². The van der Waals surface area contributed by atoms with Crippen LogP contribution in [0, 0.1) is 12.8 Å². The van der Waals surface area contributed by atoms with E-state index >= 15 is 0 Å². The molecule has 3 heterocycles. The Balaban J connectivity index is 1.46. The molecule has 0 radical (unpaired) electrons. The zero-order valence-corrected chi connectivity index (χ0v) is 18.5. The highest BCUT2D eigenvalue weighted by Crippen LogP contribution is 2.25. The average molecular weight is 423 g/mol. The van der Waals surface area contributed by atoms with Gasteiger partial charge in [-0.3, -0.25) is 4.79 Å². The second-order valence-electron chi connectivity index (χ2n) is 8.00. The summed E-state index contributed by atoms with van der Waals surface area (Å²) in [4.78, 5) is 26.6. The van der Waals surface area contributed by atoms with Crippen LogP contribution in [0.2, 0.25) is 0 Å². The molecule has 0 unspecified atom stereocenters. The highest BCUT2D eigenvalue weighted by Gasteiger charge is 2.21. The van der Waals surface area contributed by atoms with Gasteiger partial charge in [0.15, 0.2) is 0 Å². The molecule has 0 bridgehead atoms. The summed E-state index contributed by atoms with van der Waals surface area (Å²) in [6.07, 6.45) is 4.22. The predicted molar refractivity (Wildman–Crippen MR) is 122 cm³/mol. The Bertz CT molecular complexity index is 1180. The van der Waals surface area contributed by atoms with Gasteiger partial charge >= 0.3 is 0 Å². The number of fused-ring (bicyclic) bond motifs is 2. The standard InChI is InChI=1S/C22H26N6OS/c1-13(2)17(26-21-15-7-9-23-20(15)24-12-25-21)8-10-28(4)22(29)19-16-11-14(3)5-6-18(16)30-27-19/h5-7,9,11-13,17H,8,10H2,1-4H3,(H2,23,24,25,26)/t17-/m1/s1. The van der Waals surface area contributed by atoms with Crippen LogP contribution in [0.5, 0.6) is 0 Å². The summed E-state index contributed by atoms with van der Waals surface area (Å²) in [6.45, 7) is 7.00. The smallest absolute Gasteiger partial charge is 0.273 e. The topological polar surface area (TPSA) is 86.8 Å². The molecule has 2 N–H and O–H groups in total. The van der Waals surface area contributed by atoms with E-state index in [2.05, 4.69) is 38.5 Å². The maximum atomic E-state index is 13.0. The minimum atomic E-state index is -0.0376. The molecule has 1 atom stereocenters. The number of anilines is 1. The number of aromatic nitrogens is 4. The largest absolute Gasteiger partial charge is 0.366 e. The van der Waals surface area contributed by atoms with E-state index < -0.39 is 0 Å². The van der Waals surface area contributed by atoms with Gasteiger partial charge < -0.3 is 15.2 Å². The molecule has 7 nitrogen and oxygen atoms in total. The first-order valence-corrected chi connectivity index (χ1v) is 10.9. The van der Waals surface area contributed by atoms with Crippen LogP contribution in [-0.4, -0.2) is 49.8 Å². The number of rotatable bonds is 7. The summed E-state index contributed by atoms with van der Waals surface area (Å²) in [7, 11) is 1.84. The fraction of sp³-hybridized carbons (Fsp3) is 0.364. The quantitative estimate of drug-likeness (QED) is 0.459. The molecule has 30 heavy (non-hydrogen) atoms. The number of carbonyl (C=O) groups excluding carboxylic acids is 1. The van der Waals surface area contributed by atoms with Crippen LogP contribution in [0.1, 0.15) is 36.3 Å². The Labute approximate surface area is 179 Å². The van der Waals surface area contributed by atoms with E-state index in [1.54, 1.807) is 11.2 Å². The second kappa shape index (κ2) is 8.39. The summed E-state index contributed by atoms with van der Waals surface area (Å²) in [5.74, 6) is 1.15. The summed E-state index contributed by atoms with van der Waals surface area (Å²) >= 11 is 1.37. The van der Waals surface area contributed by atoms with E-state index in [0.717, 1.165) is 38.9 Å². The van der Waals surface area contributed by atoms with Crippen molar-refractivity contribution in [3.63, 3.8) is 0 Å². The third-order valence-electron chi connectivity index (χ3n) is 5.43. The van der Waals surface area contributed by atoms with E-state index in [1.165, 1.54) is 11.5 Å². The lowest BCUT2D eigenvalue weighted by Crippen LogP contribution is -2.34. The lowest BCUT2D eigenvalue weighted by molar-refractivity contribution is 0.0787. The molecule has 4 aromatic rings. The highest BCUT2D eigenvalue weighted by atomic mass is 32.1. The Morgan fingerprint density at radius 3 is 2.87 bits per heavy atom. The molecule has 0 spiro atoms. The Morgan fingerprint density at radius 2 is 2.07 bits per heavy atom. The number of carbonyl (C=O) groups is 1. The number of hydrogen-bond donors (Lipinski definition) is 2. The van der Waals surface area contributed by atoms with E-state index in [1.807, 2.05) is 44.4 Å². The van der Waals surface area contributed by atoms with E-state index in [-0.39, 0.29) is 11.9 Å².